The lowest BCUT2D eigenvalue weighted by Crippen LogP contribution is -2.61. The van der Waals surface area contributed by atoms with Gasteiger partial charge in [-0.2, -0.15) is 15.6 Å². The van der Waals surface area contributed by atoms with E-state index in [2.05, 4.69) is 0 Å². The number of amides is 1. The molecule has 3 rings (SSSR count). The Morgan fingerprint density at radius 3 is 2.90 bits per heavy atom. The van der Waals surface area contributed by atoms with Gasteiger partial charge in [-0.1, -0.05) is 0 Å². The summed E-state index contributed by atoms with van der Waals surface area (Å²) in [6, 6.07) is 1.60. The van der Waals surface area contributed by atoms with Crippen LogP contribution in [0.1, 0.15) is 16.8 Å². The van der Waals surface area contributed by atoms with E-state index in [1.165, 1.54) is 21.9 Å². The van der Waals surface area contributed by atoms with Crippen LogP contribution in [-0.4, -0.2) is 68.2 Å². The Labute approximate surface area is 128 Å². The first kappa shape index (κ1) is 15.0. The minimum absolute atomic E-state index is 0.0371. The van der Waals surface area contributed by atoms with E-state index in [-0.39, 0.29) is 18.1 Å². The summed E-state index contributed by atoms with van der Waals surface area (Å²) in [5.41, 5.74) is 0.664. The van der Waals surface area contributed by atoms with Crippen molar-refractivity contribution in [3.05, 3.63) is 22.4 Å². The molecule has 0 bridgehead atoms. The van der Waals surface area contributed by atoms with Crippen molar-refractivity contribution < 1.29 is 17.9 Å². The van der Waals surface area contributed by atoms with Crippen molar-refractivity contribution in [3.8, 4) is 0 Å². The molecule has 0 aliphatic carbocycles. The van der Waals surface area contributed by atoms with Crippen LogP contribution in [0, 0.1) is 0 Å². The lowest BCUT2D eigenvalue weighted by Gasteiger charge is -2.46. The Hall–Kier alpha value is -0.960. The molecule has 0 aromatic carbocycles. The third-order valence-corrected chi connectivity index (χ3v) is 6.00. The van der Waals surface area contributed by atoms with Gasteiger partial charge in [0.25, 0.3) is 5.91 Å². The minimum Gasteiger partial charge on any atom is -0.374 e. The molecular formula is C13H18N2O4S2. The van der Waals surface area contributed by atoms with Crippen molar-refractivity contribution in [3.63, 3.8) is 0 Å². The molecule has 1 aromatic heterocycles. The monoisotopic (exact) mass is 330 g/mol. The average Bonchev–Trinajstić information content (AvgIpc) is 2.98. The first-order chi connectivity index (χ1) is 9.97. The van der Waals surface area contributed by atoms with Gasteiger partial charge in [0.05, 0.1) is 30.6 Å². The van der Waals surface area contributed by atoms with Crippen LogP contribution in [0.15, 0.2) is 16.8 Å². The maximum Gasteiger partial charge on any atom is 0.255 e. The Bertz CT molecular complexity index is 614. The van der Waals surface area contributed by atoms with Crippen molar-refractivity contribution in [1.29, 1.82) is 0 Å². The van der Waals surface area contributed by atoms with Crippen LogP contribution < -0.4 is 0 Å². The van der Waals surface area contributed by atoms with Gasteiger partial charge in [0.1, 0.15) is 0 Å². The molecule has 0 saturated carbocycles. The normalized spacial score (nSPS) is 27.4. The summed E-state index contributed by atoms with van der Waals surface area (Å²) in [5.74, 6) is -0.0371. The fourth-order valence-corrected chi connectivity index (χ4v) is 4.44. The largest absolute Gasteiger partial charge is 0.374 e. The number of thiophene rings is 1. The third kappa shape index (κ3) is 2.98. The number of ether oxygens (including phenoxy) is 1. The molecule has 1 aromatic rings. The molecule has 2 fully saturated rings. The molecule has 0 spiro atoms. The first-order valence-corrected chi connectivity index (χ1v) is 9.66. The Kier molecular flexibility index (Phi) is 4.04. The van der Waals surface area contributed by atoms with Crippen LogP contribution in [0.25, 0.3) is 0 Å². The molecule has 0 radical (unpaired) electrons. The van der Waals surface area contributed by atoms with Gasteiger partial charge in [-0.15, -0.1) is 0 Å². The summed E-state index contributed by atoms with van der Waals surface area (Å²) in [6.45, 7) is 1.79. The van der Waals surface area contributed by atoms with E-state index in [1.54, 1.807) is 11.0 Å². The second-order valence-corrected chi connectivity index (χ2v) is 8.16. The number of carbonyl (C=O) groups excluding carboxylic acids is 1. The summed E-state index contributed by atoms with van der Waals surface area (Å²) in [7, 11) is -3.24. The lowest BCUT2D eigenvalue weighted by molar-refractivity contribution is -0.0802. The third-order valence-electron chi connectivity index (χ3n) is 4.05. The first-order valence-electron chi connectivity index (χ1n) is 6.87. The molecule has 21 heavy (non-hydrogen) atoms. The molecule has 0 unspecified atom stereocenters. The SMILES string of the molecule is CS(=O)(=O)N1CC[C@@H]2OCCN(C(=O)c3ccsc3)[C@H]2C1. The summed E-state index contributed by atoms with van der Waals surface area (Å²) in [5, 5.41) is 3.69. The topological polar surface area (TPSA) is 66.9 Å². The number of rotatable bonds is 2. The summed E-state index contributed by atoms with van der Waals surface area (Å²) < 4.78 is 30.7. The second-order valence-electron chi connectivity index (χ2n) is 5.40. The number of fused-ring (bicyclic) bond motifs is 1. The number of piperidine rings is 1. The Morgan fingerprint density at radius 2 is 2.24 bits per heavy atom. The van der Waals surface area contributed by atoms with E-state index >= 15 is 0 Å². The number of hydrogen-bond acceptors (Lipinski definition) is 5. The zero-order valence-electron chi connectivity index (χ0n) is 11.8. The highest BCUT2D eigenvalue weighted by molar-refractivity contribution is 7.88. The molecule has 116 valence electrons. The summed E-state index contributed by atoms with van der Waals surface area (Å²) in [6.07, 6.45) is 1.77. The Balaban J connectivity index is 1.82. The zero-order valence-corrected chi connectivity index (χ0v) is 13.4. The molecule has 0 N–H and O–H groups in total. The van der Waals surface area contributed by atoms with Gasteiger partial charge in [-0.05, 0) is 17.9 Å². The minimum atomic E-state index is -3.24. The fourth-order valence-electron chi connectivity index (χ4n) is 2.95. The van der Waals surface area contributed by atoms with Crippen LogP contribution in [0.2, 0.25) is 0 Å². The highest BCUT2D eigenvalue weighted by atomic mass is 32.2. The summed E-state index contributed by atoms with van der Waals surface area (Å²) >= 11 is 1.48. The molecule has 3 heterocycles. The second kappa shape index (κ2) is 5.68. The maximum atomic E-state index is 12.6. The van der Waals surface area contributed by atoms with Crippen LogP contribution in [-0.2, 0) is 14.8 Å². The quantitative estimate of drug-likeness (QED) is 0.797. The van der Waals surface area contributed by atoms with Crippen molar-refractivity contribution in [2.75, 3.05) is 32.5 Å². The van der Waals surface area contributed by atoms with Crippen molar-refractivity contribution in [2.45, 2.75) is 18.6 Å². The fraction of sp³-hybridized carbons (Fsp3) is 0.615. The maximum absolute atomic E-state index is 12.6. The van der Waals surface area contributed by atoms with E-state index in [9.17, 15) is 13.2 Å². The molecular weight excluding hydrogens is 312 g/mol. The van der Waals surface area contributed by atoms with Gasteiger partial charge in [-0.3, -0.25) is 4.79 Å². The summed E-state index contributed by atoms with van der Waals surface area (Å²) in [4.78, 5) is 14.4. The standard InChI is InChI=1S/C13H18N2O4S2/c1-21(17,18)14-4-2-12-11(8-14)15(5-6-19-12)13(16)10-3-7-20-9-10/h3,7,9,11-12H,2,4-6,8H2,1H3/t11-,12-/m0/s1. The zero-order chi connectivity index (χ0) is 15.0. The molecule has 1 amide bonds. The van der Waals surface area contributed by atoms with E-state index in [4.69, 9.17) is 4.74 Å². The molecule has 2 aliphatic heterocycles. The van der Waals surface area contributed by atoms with E-state index in [1.807, 2.05) is 10.8 Å². The average molecular weight is 330 g/mol. The van der Waals surface area contributed by atoms with Crippen molar-refractivity contribution in [1.82, 2.24) is 9.21 Å². The van der Waals surface area contributed by atoms with Crippen LogP contribution in [0.3, 0.4) is 0 Å². The number of carbonyl (C=O) groups is 1. The number of morpholine rings is 1. The van der Waals surface area contributed by atoms with Crippen molar-refractivity contribution in [2.24, 2.45) is 0 Å². The van der Waals surface area contributed by atoms with Gasteiger partial charge < -0.3 is 9.64 Å². The van der Waals surface area contributed by atoms with E-state index in [0.29, 0.717) is 38.2 Å². The molecule has 2 aliphatic rings. The van der Waals surface area contributed by atoms with Gasteiger partial charge in [0.15, 0.2) is 0 Å². The molecule has 2 saturated heterocycles. The lowest BCUT2D eigenvalue weighted by atomic mass is 9.99. The molecule has 8 heteroatoms. The van der Waals surface area contributed by atoms with Crippen molar-refractivity contribution >= 4 is 27.3 Å². The predicted molar refractivity (Wildman–Crippen MR) is 79.9 cm³/mol. The van der Waals surface area contributed by atoms with E-state index in [0.717, 1.165) is 0 Å². The molecule has 6 nitrogen and oxygen atoms in total. The van der Waals surface area contributed by atoms with Gasteiger partial charge >= 0.3 is 0 Å². The van der Waals surface area contributed by atoms with Gasteiger partial charge in [-0.25, -0.2) is 8.42 Å². The molecule has 2 atom stereocenters. The predicted octanol–water partition coefficient (Wildman–Crippen LogP) is 0.623. The highest BCUT2D eigenvalue weighted by Crippen LogP contribution is 2.26. The van der Waals surface area contributed by atoms with Crippen LogP contribution in [0.5, 0.6) is 0 Å². The van der Waals surface area contributed by atoms with E-state index < -0.39 is 10.0 Å². The number of nitrogens with zero attached hydrogens (tertiary/aromatic N) is 2. The number of hydrogen-bond donors (Lipinski definition) is 0. The Morgan fingerprint density at radius 1 is 1.43 bits per heavy atom. The number of sulfonamides is 1. The smallest absolute Gasteiger partial charge is 0.255 e. The van der Waals surface area contributed by atoms with Crippen LogP contribution in [0.4, 0.5) is 0 Å². The van der Waals surface area contributed by atoms with Crippen LogP contribution >= 0.6 is 11.3 Å². The van der Waals surface area contributed by atoms with Gasteiger partial charge in [0, 0.05) is 25.0 Å². The highest BCUT2D eigenvalue weighted by Gasteiger charge is 2.41. The van der Waals surface area contributed by atoms with Gasteiger partial charge in [0.2, 0.25) is 10.0 Å².